The highest BCUT2D eigenvalue weighted by Gasteiger charge is 2.29. The van der Waals surface area contributed by atoms with Crippen LogP contribution in [-0.4, -0.2) is 47.9 Å². The molecule has 4 N–H and O–H groups in total. The number of hydrogen-bond acceptors (Lipinski definition) is 4. The molecule has 29 heavy (non-hydrogen) atoms. The Balaban J connectivity index is 1.45. The van der Waals surface area contributed by atoms with Gasteiger partial charge in [0.2, 0.25) is 5.91 Å². The van der Waals surface area contributed by atoms with Gasteiger partial charge >= 0.3 is 6.03 Å². The third-order valence-electron chi connectivity index (χ3n) is 5.24. The van der Waals surface area contributed by atoms with E-state index in [2.05, 4.69) is 16.0 Å². The van der Waals surface area contributed by atoms with Gasteiger partial charge in [0.25, 0.3) is 0 Å². The summed E-state index contributed by atoms with van der Waals surface area (Å²) in [6.45, 7) is 0.0247. The molecule has 1 aromatic carbocycles. The predicted octanol–water partition coefficient (Wildman–Crippen LogP) is 1.76. The molecule has 1 heterocycles. The van der Waals surface area contributed by atoms with Crippen molar-refractivity contribution in [2.45, 2.75) is 62.9 Å². The SMILES string of the molecule is O=C(C[C@H]1C=C[C@@H](NC(=O)NC2CCCC2)[C@H](CO)O1)NCc1ccc(F)cc1. The summed E-state index contributed by atoms with van der Waals surface area (Å²) < 4.78 is 18.7. The lowest BCUT2D eigenvalue weighted by atomic mass is 10.0. The highest BCUT2D eigenvalue weighted by atomic mass is 19.1. The number of amides is 3. The monoisotopic (exact) mass is 405 g/mol. The Bertz CT molecular complexity index is 719. The summed E-state index contributed by atoms with van der Waals surface area (Å²) >= 11 is 0. The van der Waals surface area contributed by atoms with Crippen molar-refractivity contribution in [3.05, 3.63) is 47.8 Å². The third kappa shape index (κ3) is 6.54. The molecule has 0 aromatic heterocycles. The molecule has 0 bridgehead atoms. The zero-order chi connectivity index (χ0) is 20.6. The molecule has 2 aliphatic rings. The maximum atomic E-state index is 12.9. The summed E-state index contributed by atoms with van der Waals surface area (Å²) in [6, 6.07) is 5.38. The third-order valence-corrected chi connectivity index (χ3v) is 5.24. The lowest BCUT2D eigenvalue weighted by molar-refractivity contribution is -0.125. The number of nitrogens with one attached hydrogen (secondary N) is 3. The van der Waals surface area contributed by atoms with Crippen molar-refractivity contribution in [3.63, 3.8) is 0 Å². The van der Waals surface area contributed by atoms with Crippen molar-refractivity contribution in [1.29, 1.82) is 0 Å². The maximum absolute atomic E-state index is 12.9. The van der Waals surface area contributed by atoms with E-state index in [0.717, 1.165) is 31.2 Å². The molecule has 1 aliphatic heterocycles. The number of carbonyl (C=O) groups excluding carboxylic acids is 2. The minimum Gasteiger partial charge on any atom is -0.394 e. The van der Waals surface area contributed by atoms with Crippen LogP contribution in [0.1, 0.15) is 37.7 Å². The molecule has 1 aliphatic carbocycles. The molecule has 7 nitrogen and oxygen atoms in total. The Morgan fingerprint density at radius 2 is 1.83 bits per heavy atom. The van der Waals surface area contributed by atoms with Gasteiger partial charge < -0.3 is 25.8 Å². The molecular weight excluding hydrogens is 377 g/mol. The topological polar surface area (TPSA) is 99.7 Å². The van der Waals surface area contributed by atoms with Gasteiger partial charge in [-0.2, -0.15) is 0 Å². The van der Waals surface area contributed by atoms with Crippen molar-refractivity contribution in [2.24, 2.45) is 0 Å². The van der Waals surface area contributed by atoms with Gasteiger partial charge in [-0.1, -0.05) is 37.1 Å². The van der Waals surface area contributed by atoms with E-state index in [0.29, 0.717) is 6.54 Å². The van der Waals surface area contributed by atoms with E-state index in [1.165, 1.54) is 12.1 Å². The Morgan fingerprint density at radius 3 is 2.52 bits per heavy atom. The first-order chi connectivity index (χ1) is 14.0. The number of hydrogen-bond donors (Lipinski definition) is 4. The van der Waals surface area contributed by atoms with Crippen molar-refractivity contribution in [2.75, 3.05) is 6.61 Å². The first kappa shape index (κ1) is 21.3. The molecule has 3 rings (SSSR count). The van der Waals surface area contributed by atoms with Gasteiger partial charge in [-0.3, -0.25) is 4.79 Å². The number of urea groups is 1. The predicted molar refractivity (Wildman–Crippen MR) is 105 cm³/mol. The number of carbonyl (C=O) groups is 2. The second kappa shape index (κ2) is 10.4. The fourth-order valence-electron chi connectivity index (χ4n) is 3.64. The van der Waals surface area contributed by atoms with Crippen LogP contribution in [0.5, 0.6) is 0 Å². The minimum atomic E-state index is -0.621. The van der Waals surface area contributed by atoms with E-state index in [1.807, 2.05) is 0 Å². The average Bonchev–Trinajstić information content (AvgIpc) is 3.21. The van der Waals surface area contributed by atoms with Gasteiger partial charge in [0.15, 0.2) is 0 Å². The molecule has 0 saturated heterocycles. The van der Waals surface area contributed by atoms with Crippen LogP contribution in [0.4, 0.5) is 9.18 Å². The molecular formula is C21H28FN3O4. The molecule has 1 aromatic rings. The summed E-state index contributed by atoms with van der Waals surface area (Å²) in [6.07, 6.45) is 6.70. The number of ether oxygens (including phenoxy) is 1. The second-order valence-corrected chi connectivity index (χ2v) is 7.51. The maximum Gasteiger partial charge on any atom is 0.315 e. The van der Waals surface area contributed by atoms with Crippen molar-refractivity contribution in [1.82, 2.24) is 16.0 Å². The first-order valence-corrected chi connectivity index (χ1v) is 10.1. The first-order valence-electron chi connectivity index (χ1n) is 10.1. The smallest absolute Gasteiger partial charge is 0.315 e. The number of benzene rings is 1. The van der Waals surface area contributed by atoms with E-state index >= 15 is 0 Å². The van der Waals surface area contributed by atoms with Gasteiger partial charge in [-0.05, 0) is 30.5 Å². The van der Waals surface area contributed by atoms with Crippen molar-refractivity contribution in [3.8, 4) is 0 Å². The van der Waals surface area contributed by atoms with Gasteiger partial charge in [-0.15, -0.1) is 0 Å². The summed E-state index contributed by atoms with van der Waals surface area (Å²) in [5.74, 6) is -0.540. The average molecular weight is 405 g/mol. The molecule has 8 heteroatoms. The molecule has 1 fully saturated rings. The van der Waals surface area contributed by atoms with Gasteiger partial charge in [0.1, 0.15) is 11.9 Å². The molecule has 0 radical (unpaired) electrons. The second-order valence-electron chi connectivity index (χ2n) is 7.51. The van der Waals surface area contributed by atoms with Crippen molar-refractivity contribution < 1.29 is 23.8 Å². The highest BCUT2D eigenvalue weighted by Crippen LogP contribution is 2.18. The number of aliphatic hydroxyl groups excluding tert-OH is 1. The van der Waals surface area contributed by atoms with Crippen LogP contribution in [0, 0.1) is 5.82 Å². The van der Waals surface area contributed by atoms with E-state index in [1.54, 1.807) is 24.3 Å². The molecule has 158 valence electrons. The van der Waals surface area contributed by atoms with Crippen molar-refractivity contribution >= 4 is 11.9 Å². The van der Waals surface area contributed by atoms with Gasteiger partial charge in [0.05, 0.1) is 25.2 Å². The molecule has 0 unspecified atom stereocenters. The largest absolute Gasteiger partial charge is 0.394 e. The number of rotatable bonds is 7. The standard InChI is InChI=1S/C21H28FN3O4/c22-15-7-5-14(6-8-15)12-23-20(27)11-17-9-10-18(19(13-26)29-17)25-21(28)24-16-3-1-2-4-16/h5-10,16-19,26H,1-4,11-13H2,(H,23,27)(H2,24,25,28)/t17-,18-,19+/m1/s1. The van der Waals surface area contributed by atoms with Crippen LogP contribution < -0.4 is 16.0 Å². The summed E-state index contributed by atoms with van der Waals surface area (Å²) in [5.41, 5.74) is 0.797. The van der Waals surface area contributed by atoms with Crippen LogP contribution >= 0.6 is 0 Å². The molecule has 1 saturated carbocycles. The fourth-order valence-corrected chi connectivity index (χ4v) is 3.64. The molecule has 0 spiro atoms. The number of halogens is 1. The summed E-state index contributed by atoms with van der Waals surface area (Å²) in [4.78, 5) is 24.3. The lowest BCUT2D eigenvalue weighted by Gasteiger charge is -2.32. The van der Waals surface area contributed by atoms with Crippen LogP contribution in [-0.2, 0) is 16.1 Å². The van der Waals surface area contributed by atoms with E-state index in [9.17, 15) is 19.1 Å². The summed E-state index contributed by atoms with van der Waals surface area (Å²) in [7, 11) is 0. The fraction of sp³-hybridized carbons (Fsp3) is 0.524. The summed E-state index contributed by atoms with van der Waals surface area (Å²) in [5, 5.41) is 18.1. The van der Waals surface area contributed by atoms with E-state index in [4.69, 9.17) is 4.74 Å². The van der Waals surface area contributed by atoms with E-state index < -0.39 is 18.2 Å². The van der Waals surface area contributed by atoms with Gasteiger partial charge in [0, 0.05) is 12.6 Å². The Hall–Kier alpha value is -2.45. The zero-order valence-corrected chi connectivity index (χ0v) is 16.3. The Labute approximate surface area is 169 Å². The minimum absolute atomic E-state index is 0.0924. The van der Waals surface area contributed by atoms with Gasteiger partial charge in [-0.25, -0.2) is 9.18 Å². The highest BCUT2D eigenvalue weighted by molar-refractivity contribution is 5.77. The Morgan fingerprint density at radius 1 is 1.10 bits per heavy atom. The van der Waals surface area contributed by atoms with Crippen LogP contribution in [0.25, 0.3) is 0 Å². The van der Waals surface area contributed by atoms with Crippen LogP contribution in [0.15, 0.2) is 36.4 Å². The van der Waals surface area contributed by atoms with Crippen LogP contribution in [0.2, 0.25) is 0 Å². The van der Waals surface area contributed by atoms with Crippen LogP contribution in [0.3, 0.4) is 0 Å². The number of aliphatic hydroxyl groups is 1. The Kier molecular flexibility index (Phi) is 7.60. The molecule has 3 amide bonds. The molecule has 3 atom stereocenters. The van der Waals surface area contributed by atoms with E-state index in [-0.39, 0.29) is 36.8 Å². The zero-order valence-electron chi connectivity index (χ0n) is 16.3. The normalized spacial score (nSPS) is 24.3. The quantitative estimate of drug-likeness (QED) is 0.520. The lowest BCUT2D eigenvalue weighted by Crippen LogP contribution is -2.53.